The molecule has 1 heterocycles. The highest BCUT2D eigenvalue weighted by Gasteiger charge is 2.06. The minimum Gasteiger partial charge on any atom is -0.383 e. The first-order chi connectivity index (χ1) is 7.56. The van der Waals surface area contributed by atoms with E-state index in [0.29, 0.717) is 17.2 Å². The van der Waals surface area contributed by atoms with Gasteiger partial charge in [0.1, 0.15) is 11.6 Å². The first-order valence-corrected chi connectivity index (χ1v) is 5.70. The zero-order valence-electron chi connectivity index (χ0n) is 8.54. The van der Waals surface area contributed by atoms with Gasteiger partial charge in [0.25, 0.3) is 0 Å². The van der Waals surface area contributed by atoms with Crippen molar-refractivity contribution < 1.29 is 4.39 Å². The second-order valence-electron chi connectivity index (χ2n) is 3.44. The van der Waals surface area contributed by atoms with Gasteiger partial charge >= 0.3 is 0 Å². The number of nitrogen functional groups attached to an aromatic ring is 1. The second-order valence-corrected chi connectivity index (χ2v) is 4.61. The summed E-state index contributed by atoms with van der Waals surface area (Å²) >= 11 is 2.05. The smallest absolute Gasteiger partial charge is 0.161 e. The second kappa shape index (κ2) is 4.32. The van der Waals surface area contributed by atoms with E-state index in [1.165, 1.54) is 12.1 Å². The van der Waals surface area contributed by atoms with Gasteiger partial charge in [-0.2, -0.15) is 0 Å². The van der Waals surface area contributed by atoms with Crippen molar-refractivity contribution in [2.24, 2.45) is 0 Å². The summed E-state index contributed by atoms with van der Waals surface area (Å²) < 4.78 is 14.0. The van der Waals surface area contributed by atoms with E-state index in [9.17, 15) is 4.39 Å². The van der Waals surface area contributed by atoms with Gasteiger partial charge in [-0.15, -0.1) is 0 Å². The number of nitrogens with zero attached hydrogens (tertiary/aromatic N) is 2. The molecular formula is C11H9FIN3. The van der Waals surface area contributed by atoms with Crippen molar-refractivity contribution in [3.05, 3.63) is 39.3 Å². The van der Waals surface area contributed by atoms with Crippen molar-refractivity contribution in [2.75, 3.05) is 5.73 Å². The average molecular weight is 329 g/mol. The van der Waals surface area contributed by atoms with Crippen LogP contribution in [0.4, 0.5) is 10.2 Å². The summed E-state index contributed by atoms with van der Waals surface area (Å²) in [5.41, 5.74) is 7.15. The molecule has 0 spiro atoms. The molecule has 0 unspecified atom stereocenters. The quantitative estimate of drug-likeness (QED) is 0.819. The molecule has 2 N–H and O–H groups in total. The average Bonchev–Trinajstić information content (AvgIpc) is 2.20. The van der Waals surface area contributed by atoms with Crippen LogP contribution in [-0.2, 0) is 0 Å². The van der Waals surface area contributed by atoms with Crippen LogP contribution in [0, 0.1) is 16.3 Å². The van der Waals surface area contributed by atoms with Gasteiger partial charge in [-0.1, -0.05) is 0 Å². The van der Waals surface area contributed by atoms with Crippen molar-refractivity contribution in [3.63, 3.8) is 0 Å². The monoisotopic (exact) mass is 329 g/mol. The molecule has 3 nitrogen and oxygen atoms in total. The van der Waals surface area contributed by atoms with Gasteiger partial charge in [0, 0.05) is 11.8 Å². The number of benzene rings is 1. The third-order valence-corrected chi connectivity index (χ3v) is 2.90. The molecule has 2 aromatic rings. The lowest BCUT2D eigenvalue weighted by molar-refractivity contribution is 0.627. The number of aromatic nitrogens is 2. The minimum absolute atomic E-state index is 0.296. The Labute approximate surface area is 106 Å². The Morgan fingerprint density at radius 1 is 1.31 bits per heavy atom. The molecule has 5 heteroatoms. The number of hydrogen-bond donors (Lipinski definition) is 1. The van der Waals surface area contributed by atoms with Crippen molar-refractivity contribution in [1.29, 1.82) is 0 Å². The Kier molecular flexibility index (Phi) is 3.04. The summed E-state index contributed by atoms with van der Waals surface area (Å²) in [7, 11) is 0. The van der Waals surface area contributed by atoms with Crippen molar-refractivity contribution >= 4 is 28.4 Å². The Morgan fingerprint density at radius 3 is 2.69 bits per heavy atom. The van der Waals surface area contributed by atoms with Crippen molar-refractivity contribution in [3.8, 4) is 11.4 Å². The van der Waals surface area contributed by atoms with Gasteiger partial charge in [-0.25, -0.2) is 14.4 Å². The Hall–Kier alpha value is -1.24. The maximum absolute atomic E-state index is 13.2. The van der Waals surface area contributed by atoms with Crippen LogP contribution in [0.5, 0.6) is 0 Å². The summed E-state index contributed by atoms with van der Waals surface area (Å²) in [5, 5.41) is 0. The highest BCUT2D eigenvalue weighted by molar-refractivity contribution is 14.1. The predicted octanol–water partition coefficient (Wildman–Crippen LogP) is 2.78. The van der Waals surface area contributed by atoms with E-state index < -0.39 is 0 Å². The zero-order chi connectivity index (χ0) is 11.7. The number of hydrogen-bond acceptors (Lipinski definition) is 3. The van der Waals surface area contributed by atoms with Crippen LogP contribution in [0.1, 0.15) is 5.56 Å². The first-order valence-electron chi connectivity index (χ1n) is 4.62. The lowest BCUT2D eigenvalue weighted by Gasteiger charge is -2.04. The molecule has 0 radical (unpaired) electrons. The van der Waals surface area contributed by atoms with E-state index in [2.05, 4.69) is 9.97 Å². The highest BCUT2D eigenvalue weighted by atomic mass is 127. The van der Waals surface area contributed by atoms with Gasteiger partial charge in [0.15, 0.2) is 5.82 Å². The molecule has 0 saturated heterocycles. The largest absolute Gasteiger partial charge is 0.383 e. The van der Waals surface area contributed by atoms with Gasteiger partial charge in [0.05, 0.1) is 3.57 Å². The van der Waals surface area contributed by atoms with E-state index >= 15 is 0 Å². The zero-order valence-corrected chi connectivity index (χ0v) is 10.7. The van der Waals surface area contributed by atoms with Crippen LogP contribution >= 0.6 is 22.6 Å². The summed E-state index contributed by atoms with van der Waals surface area (Å²) in [5.74, 6) is 0.559. The molecule has 2 rings (SSSR count). The fraction of sp³-hybridized carbons (Fsp3) is 0.0909. The normalized spacial score (nSPS) is 10.4. The molecule has 1 aromatic heterocycles. The highest BCUT2D eigenvalue weighted by Crippen LogP contribution is 2.20. The topological polar surface area (TPSA) is 51.8 Å². The van der Waals surface area contributed by atoms with Crippen LogP contribution in [0.2, 0.25) is 0 Å². The molecule has 0 aliphatic carbocycles. The maximum Gasteiger partial charge on any atom is 0.161 e. The Morgan fingerprint density at radius 2 is 2.06 bits per heavy atom. The van der Waals surface area contributed by atoms with E-state index in [-0.39, 0.29) is 5.82 Å². The SMILES string of the molecule is Cc1cc(F)cc(-c2ncc(I)c(N)n2)c1. The molecule has 0 aliphatic rings. The lowest BCUT2D eigenvalue weighted by atomic mass is 10.1. The predicted molar refractivity (Wildman–Crippen MR) is 69.3 cm³/mol. The molecule has 1 aromatic carbocycles. The Bertz CT molecular complexity index is 522. The fourth-order valence-corrected chi connectivity index (χ4v) is 1.64. The standard InChI is InChI=1S/C11H9FIN3/c1-6-2-7(4-8(12)3-6)11-15-5-9(13)10(14)16-11/h2-5H,1H3,(H2,14,15,16). The van der Waals surface area contributed by atoms with Crippen molar-refractivity contribution in [2.45, 2.75) is 6.92 Å². The summed E-state index contributed by atoms with van der Waals surface area (Å²) in [6.45, 7) is 1.82. The van der Waals surface area contributed by atoms with Gasteiger partial charge in [-0.3, -0.25) is 0 Å². The van der Waals surface area contributed by atoms with Gasteiger partial charge in [0.2, 0.25) is 0 Å². The molecule has 0 amide bonds. The number of anilines is 1. The van der Waals surface area contributed by atoms with Crippen LogP contribution in [-0.4, -0.2) is 9.97 Å². The lowest BCUT2D eigenvalue weighted by Crippen LogP contribution is -1.98. The van der Waals surface area contributed by atoms with Gasteiger partial charge < -0.3 is 5.73 Å². The molecule has 0 fully saturated rings. The molecular weight excluding hydrogens is 320 g/mol. The van der Waals surface area contributed by atoms with Crippen LogP contribution in [0.25, 0.3) is 11.4 Å². The third-order valence-electron chi connectivity index (χ3n) is 2.07. The van der Waals surface area contributed by atoms with E-state index in [1.807, 2.05) is 35.6 Å². The van der Waals surface area contributed by atoms with Gasteiger partial charge in [-0.05, 0) is 53.3 Å². The summed E-state index contributed by atoms with van der Waals surface area (Å²) in [4.78, 5) is 8.24. The molecule has 0 saturated carbocycles. The summed E-state index contributed by atoms with van der Waals surface area (Å²) in [6.07, 6.45) is 1.62. The van der Waals surface area contributed by atoms with E-state index in [1.54, 1.807) is 6.20 Å². The van der Waals surface area contributed by atoms with Crippen LogP contribution in [0.3, 0.4) is 0 Å². The molecule has 0 atom stereocenters. The number of rotatable bonds is 1. The third kappa shape index (κ3) is 2.29. The van der Waals surface area contributed by atoms with E-state index in [0.717, 1.165) is 9.13 Å². The van der Waals surface area contributed by atoms with E-state index in [4.69, 9.17) is 5.73 Å². The molecule has 16 heavy (non-hydrogen) atoms. The maximum atomic E-state index is 13.2. The van der Waals surface area contributed by atoms with Crippen LogP contribution in [0.15, 0.2) is 24.4 Å². The van der Waals surface area contributed by atoms with Crippen molar-refractivity contribution in [1.82, 2.24) is 9.97 Å². The number of halogens is 2. The summed E-state index contributed by atoms with van der Waals surface area (Å²) in [6, 6.07) is 4.68. The molecule has 0 aliphatic heterocycles. The Balaban J connectivity index is 2.54. The van der Waals surface area contributed by atoms with Crippen LogP contribution < -0.4 is 5.73 Å². The fourth-order valence-electron chi connectivity index (χ4n) is 1.38. The molecule has 0 bridgehead atoms. The number of nitrogens with two attached hydrogens (primary N) is 1. The molecule has 82 valence electrons. The first kappa shape index (κ1) is 11.3. The minimum atomic E-state index is -0.296. The number of aryl methyl sites for hydroxylation is 1.